The van der Waals surface area contributed by atoms with E-state index < -0.39 is 11.8 Å². The van der Waals surface area contributed by atoms with Crippen LogP contribution in [0.5, 0.6) is 5.75 Å². The molecule has 0 spiro atoms. The first-order chi connectivity index (χ1) is 22.3. The Bertz CT molecular complexity index is 1900. The fraction of sp³-hybridized carbons (Fsp3) is 0.250. The summed E-state index contributed by atoms with van der Waals surface area (Å²) in [6.45, 7) is 0.00728. The van der Waals surface area contributed by atoms with Crippen molar-refractivity contribution in [1.29, 1.82) is 0 Å². The lowest BCUT2D eigenvalue weighted by atomic mass is 9.94. The molecule has 6 rings (SSSR count). The molecule has 1 heterocycles. The topological polar surface area (TPSA) is 114 Å². The molecule has 1 amide bonds. The molecule has 0 atom stereocenters. The number of imidazole rings is 1. The van der Waals surface area contributed by atoms with Crippen LogP contribution in [0.2, 0.25) is 5.02 Å². The van der Waals surface area contributed by atoms with Crippen LogP contribution in [0.15, 0.2) is 78.9 Å². The number of fused-ring (bicyclic) bond motifs is 1. The number of ether oxygens (including phenoxy) is 1. The predicted octanol–water partition coefficient (Wildman–Crippen LogP) is 7.67. The fourth-order valence-electron chi connectivity index (χ4n) is 6.10. The number of carbonyl (C=O) groups excluding carboxylic acids is 1. The maximum Gasteiger partial charge on any atom is 0.335 e. The zero-order valence-electron chi connectivity index (χ0n) is 25.0. The van der Waals surface area contributed by atoms with Gasteiger partial charge < -0.3 is 24.8 Å². The van der Waals surface area contributed by atoms with Crippen molar-refractivity contribution < 1.29 is 28.9 Å². The molecule has 0 radical (unpaired) electrons. The summed E-state index contributed by atoms with van der Waals surface area (Å²) in [6.07, 6.45) is 5.16. The number of aliphatic hydroxyl groups excluding tert-OH is 1. The summed E-state index contributed by atoms with van der Waals surface area (Å²) in [5.74, 6) is -1.13. The highest BCUT2D eigenvalue weighted by molar-refractivity contribution is 6.30. The smallest absolute Gasteiger partial charge is 0.335 e. The van der Waals surface area contributed by atoms with E-state index in [1.807, 2.05) is 18.2 Å². The van der Waals surface area contributed by atoms with E-state index in [9.17, 15) is 14.7 Å². The number of nitrogens with one attached hydrogen (secondary N) is 1. The second kappa shape index (κ2) is 13.7. The molecular formula is C36H33ClFN3O5. The van der Waals surface area contributed by atoms with Gasteiger partial charge in [-0.3, -0.25) is 4.79 Å². The molecule has 0 unspecified atom stereocenters. The SMILES string of the molecule is O=C(O)c1ccc2c(c1)nc(-c1ccc(OCc3cc(C(=O)NCCO)ccc3-c3ccc(Cl)cc3)cc1F)n2C1CCCCC1. The number of amides is 1. The molecule has 1 saturated carbocycles. The molecule has 10 heteroatoms. The Labute approximate surface area is 270 Å². The first-order valence-electron chi connectivity index (χ1n) is 15.3. The van der Waals surface area contributed by atoms with Gasteiger partial charge in [0.25, 0.3) is 5.91 Å². The van der Waals surface area contributed by atoms with Crippen LogP contribution in [0.25, 0.3) is 33.5 Å². The van der Waals surface area contributed by atoms with Gasteiger partial charge in [0, 0.05) is 29.2 Å². The minimum Gasteiger partial charge on any atom is -0.489 e. The van der Waals surface area contributed by atoms with Crippen molar-refractivity contribution in [2.24, 2.45) is 0 Å². The summed E-state index contributed by atoms with van der Waals surface area (Å²) >= 11 is 6.10. The molecule has 0 saturated heterocycles. The van der Waals surface area contributed by atoms with Crippen molar-refractivity contribution in [3.8, 4) is 28.3 Å². The third-order valence-corrected chi connectivity index (χ3v) is 8.62. The largest absolute Gasteiger partial charge is 0.489 e. The highest BCUT2D eigenvalue weighted by Gasteiger charge is 2.25. The quantitative estimate of drug-likeness (QED) is 0.144. The number of benzene rings is 4. The van der Waals surface area contributed by atoms with Crippen LogP contribution in [0.3, 0.4) is 0 Å². The summed E-state index contributed by atoms with van der Waals surface area (Å²) in [6, 6.07) is 22.2. The third-order valence-electron chi connectivity index (χ3n) is 8.37. The minimum atomic E-state index is -1.04. The van der Waals surface area contributed by atoms with Gasteiger partial charge >= 0.3 is 5.97 Å². The summed E-state index contributed by atoms with van der Waals surface area (Å²) in [5.41, 5.74) is 4.53. The lowest BCUT2D eigenvalue weighted by Crippen LogP contribution is -2.26. The Kier molecular flexibility index (Phi) is 9.33. The first-order valence-corrected chi connectivity index (χ1v) is 15.7. The Morgan fingerprint density at radius 2 is 1.67 bits per heavy atom. The Morgan fingerprint density at radius 3 is 2.39 bits per heavy atom. The predicted molar refractivity (Wildman–Crippen MR) is 175 cm³/mol. The molecule has 8 nitrogen and oxygen atoms in total. The molecule has 5 aromatic rings. The standard InChI is InChI=1S/C36H33ClFN3O5/c37-26-10-6-22(7-11-26)29-13-8-23(35(43)39-16-17-42)18-25(29)21-46-28-12-14-30(31(38)20-28)34-40-32-19-24(36(44)45)9-15-33(32)41(34)27-4-2-1-3-5-27/h6-15,18-20,27,42H,1-5,16-17,21H2,(H,39,43)(H,44,45). The van der Waals surface area contributed by atoms with Crippen LogP contribution < -0.4 is 10.1 Å². The number of aromatic carboxylic acids is 1. The molecule has 1 aliphatic rings. The summed E-state index contributed by atoms with van der Waals surface area (Å²) in [4.78, 5) is 29.0. The number of carboxylic acids is 1. The lowest BCUT2D eigenvalue weighted by molar-refractivity contribution is 0.0696. The molecule has 4 aromatic carbocycles. The number of rotatable bonds is 10. The van der Waals surface area contributed by atoms with Gasteiger partial charge in [-0.15, -0.1) is 0 Å². The van der Waals surface area contributed by atoms with E-state index in [2.05, 4.69) is 9.88 Å². The maximum atomic E-state index is 15.9. The summed E-state index contributed by atoms with van der Waals surface area (Å²) in [7, 11) is 0. The summed E-state index contributed by atoms with van der Waals surface area (Å²) in [5, 5.41) is 21.9. The molecule has 236 valence electrons. The zero-order chi connectivity index (χ0) is 32.2. The van der Waals surface area contributed by atoms with Crippen LogP contribution in [0.1, 0.15) is 64.4 Å². The van der Waals surface area contributed by atoms with Crippen LogP contribution in [-0.4, -0.2) is 44.8 Å². The summed E-state index contributed by atoms with van der Waals surface area (Å²) < 4.78 is 24.0. The molecule has 46 heavy (non-hydrogen) atoms. The van der Waals surface area contributed by atoms with Crippen LogP contribution in [0, 0.1) is 5.82 Å². The van der Waals surface area contributed by atoms with Gasteiger partial charge in [0.05, 0.1) is 28.8 Å². The van der Waals surface area contributed by atoms with Gasteiger partial charge in [-0.1, -0.05) is 49.1 Å². The molecule has 0 aliphatic heterocycles. The van der Waals surface area contributed by atoms with Crippen molar-refractivity contribution in [2.75, 3.05) is 13.2 Å². The molecule has 3 N–H and O–H groups in total. The first kappa shape index (κ1) is 31.3. The number of aromatic nitrogens is 2. The fourth-order valence-corrected chi connectivity index (χ4v) is 6.22. The normalized spacial score (nSPS) is 13.5. The molecule has 1 fully saturated rings. The van der Waals surface area contributed by atoms with Gasteiger partial charge in [-0.25, -0.2) is 14.2 Å². The van der Waals surface area contributed by atoms with Gasteiger partial charge in [0.1, 0.15) is 24.0 Å². The monoisotopic (exact) mass is 641 g/mol. The van der Waals surface area contributed by atoms with Gasteiger partial charge in [-0.05, 0) is 84.1 Å². The number of halogens is 2. The molecule has 1 aromatic heterocycles. The molecule has 0 bridgehead atoms. The van der Waals surface area contributed by atoms with Crippen molar-refractivity contribution in [1.82, 2.24) is 14.9 Å². The lowest BCUT2D eigenvalue weighted by Gasteiger charge is -2.25. The average Bonchev–Trinajstić information content (AvgIpc) is 3.45. The highest BCUT2D eigenvalue weighted by Crippen LogP contribution is 2.38. The van der Waals surface area contributed by atoms with E-state index in [1.54, 1.807) is 48.5 Å². The van der Waals surface area contributed by atoms with Gasteiger partial charge in [0.2, 0.25) is 0 Å². The maximum absolute atomic E-state index is 15.9. The van der Waals surface area contributed by atoms with Gasteiger partial charge in [0.15, 0.2) is 0 Å². The van der Waals surface area contributed by atoms with Crippen molar-refractivity contribution in [3.05, 3.63) is 106 Å². The molecule has 1 aliphatic carbocycles. The van der Waals surface area contributed by atoms with E-state index in [0.717, 1.165) is 48.7 Å². The Balaban J connectivity index is 1.32. The third kappa shape index (κ3) is 6.61. The van der Waals surface area contributed by atoms with Crippen molar-refractivity contribution >= 4 is 34.5 Å². The second-order valence-corrected chi connectivity index (χ2v) is 11.8. The molecular weight excluding hydrogens is 609 g/mol. The van der Waals surface area contributed by atoms with Crippen LogP contribution >= 0.6 is 11.6 Å². The van der Waals surface area contributed by atoms with Crippen LogP contribution in [0.4, 0.5) is 4.39 Å². The average molecular weight is 642 g/mol. The van der Waals surface area contributed by atoms with Crippen LogP contribution in [-0.2, 0) is 6.61 Å². The van der Waals surface area contributed by atoms with Gasteiger partial charge in [-0.2, -0.15) is 0 Å². The zero-order valence-corrected chi connectivity index (χ0v) is 25.8. The van der Waals surface area contributed by atoms with Crippen molar-refractivity contribution in [2.45, 2.75) is 44.8 Å². The van der Waals surface area contributed by atoms with E-state index in [0.29, 0.717) is 38.8 Å². The number of aliphatic hydroxyl groups is 1. The Hall–Kier alpha value is -4.73. The number of carboxylic acid groups (broad SMARTS) is 1. The van der Waals surface area contributed by atoms with E-state index in [4.69, 9.17) is 26.4 Å². The number of hydrogen-bond acceptors (Lipinski definition) is 5. The number of nitrogens with zero attached hydrogens (tertiary/aromatic N) is 2. The minimum absolute atomic E-state index is 0.0520. The highest BCUT2D eigenvalue weighted by atomic mass is 35.5. The van der Waals surface area contributed by atoms with E-state index in [1.165, 1.54) is 12.1 Å². The number of hydrogen-bond donors (Lipinski definition) is 3. The van der Waals surface area contributed by atoms with Crippen molar-refractivity contribution in [3.63, 3.8) is 0 Å². The Morgan fingerprint density at radius 1 is 0.935 bits per heavy atom. The number of carbonyl (C=O) groups is 2. The van der Waals surface area contributed by atoms with E-state index in [-0.39, 0.29) is 37.3 Å². The second-order valence-electron chi connectivity index (χ2n) is 11.4. The van der Waals surface area contributed by atoms with E-state index >= 15 is 4.39 Å².